The number of hydrogen-bond donors (Lipinski definition) is 1. The van der Waals surface area contributed by atoms with Gasteiger partial charge in [0.15, 0.2) is 0 Å². The van der Waals surface area contributed by atoms with E-state index in [1.54, 1.807) is 26.8 Å². The van der Waals surface area contributed by atoms with Gasteiger partial charge in [-0.05, 0) is 32.4 Å². The van der Waals surface area contributed by atoms with Gasteiger partial charge in [-0.15, -0.1) is 0 Å². The van der Waals surface area contributed by atoms with Gasteiger partial charge in [0.2, 0.25) is 0 Å². The molecule has 0 amide bonds. The Morgan fingerprint density at radius 1 is 1.20 bits per heavy atom. The average molecular weight is 275 g/mol. The number of aryl methyl sites for hydroxylation is 3. The highest BCUT2D eigenvalue weighted by molar-refractivity contribution is 5.92. The fourth-order valence-electron chi connectivity index (χ4n) is 1.94. The summed E-state index contributed by atoms with van der Waals surface area (Å²) in [7, 11) is 0. The van der Waals surface area contributed by atoms with Crippen molar-refractivity contribution in [2.45, 2.75) is 20.8 Å². The molecular weight excluding hydrogens is 261 g/mol. The molecule has 0 aliphatic rings. The number of carboxylic acids is 1. The number of pyridine rings is 1. The second-order valence-electron chi connectivity index (χ2n) is 4.54. The Morgan fingerprint density at radius 3 is 2.55 bits per heavy atom. The summed E-state index contributed by atoms with van der Waals surface area (Å²) in [4.78, 5) is 15.4. The summed E-state index contributed by atoms with van der Waals surface area (Å²) in [5, 5.41) is 9.25. The molecule has 5 heteroatoms. The Hall–Kier alpha value is -2.43. The van der Waals surface area contributed by atoms with E-state index in [2.05, 4.69) is 4.98 Å². The minimum atomic E-state index is -1.13. The first kappa shape index (κ1) is 14.0. The lowest BCUT2D eigenvalue weighted by molar-refractivity contribution is 0.0692. The Kier molecular flexibility index (Phi) is 3.70. The number of ether oxygens (including phenoxy) is 1. The van der Waals surface area contributed by atoms with Gasteiger partial charge in [0.05, 0.1) is 5.69 Å². The standard InChI is InChI=1S/C15H14FNO3/c1-8-4-5-11(16)7-12(8)20-13-6-9(2)17-10(3)14(13)15(18)19/h4-7H,1-3H3,(H,18,19). The molecule has 0 fully saturated rings. The van der Waals surface area contributed by atoms with Crippen LogP contribution in [0.25, 0.3) is 0 Å². The summed E-state index contributed by atoms with van der Waals surface area (Å²) >= 11 is 0. The highest BCUT2D eigenvalue weighted by Gasteiger charge is 2.18. The molecule has 1 aromatic carbocycles. The van der Waals surface area contributed by atoms with Gasteiger partial charge < -0.3 is 9.84 Å². The van der Waals surface area contributed by atoms with Crippen molar-refractivity contribution in [2.75, 3.05) is 0 Å². The maximum atomic E-state index is 13.3. The van der Waals surface area contributed by atoms with Crippen LogP contribution >= 0.6 is 0 Å². The number of hydrogen-bond acceptors (Lipinski definition) is 3. The van der Waals surface area contributed by atoms with E-state index in [-0.39, 0.29) is 17.1 Å². The molecule has 1 heterocycles. The van der Waals surface area contributed by atoms with E-state index >= 15 is 0 Å². The third-order valence-electron chi connectivity index (χ3n) is 2.88. The minimum absolute atomic E-state index is 0.0146. The number of rotatable bonds is 3. The van der Waals surface area contributed by atoms with Crippen LogP contribution in [0.2, 0.25) is 0 Å². The van der Waals surface area contributed by atoms with Crippen LogP contribution in [0.3, 0.4) is 0 Å². The first-order chi connectivity index (χ1) is 9.38. The molecule has 0 saturated heterocycles. The third kappa shape index (κ3) is 2.77. The highest BCUT2D eigenvalue weighted by atomic mass is 19.1. The largest absolute Gasteiger partial charge is 0.477 e. The van der Waals surface area contributed by atoms with E-state index in [4.69, 9.17) is 4.74 Å². The number of aromatic nitrogens is 1. The SMILES string of the molecule is Cc1cc(Oc2cc(F)ccc2C)c(C(=O)O)c(C)n1. The smallest absolute Gasteiger partial charge is 0.341 e. The van der Waals surface area contributed by atoms with E-state index in [9.17, 15) is 14.3 Å². The van der Waals surface area contributed by atoms with Gasteiger partial charge in [0, 0.05) is 17.8 Å². The van der Waals surface area contributed by atoms with Crippen molar-refractivity contribution >= 4 is 5.97 Å². The molecule has 0 saturated carbocycles. The maximum Gasteiger partial charge on any atom is 0.341 e. The van der Waals surface area contributed by atoms with Crippen LogP contribution in [0.4, 0.5) is 4.39 Å². The van der Waals surface area contributed by atoms with Crippen molar-refractivity contribution in [3.63, 3.8) is 0 Å². The van der Waals surface area contributed by atoms with Crippen molar-refractivity contribution in [3.8, 4) is 11.5 Å². The predicted octanol–water partition coefficient (Wildman–Crippen LogP) is 3.64. The monoisotopic (exact) mass is 275 g/mol. The molecular formula is C15H14FNO3. The lowest BCUT2D eigenvalue weighted by Gasteiger charge is -2.13. The molecule has 0 aliphatic heterocycles. The molecule has 2 rings (SSSR count). The molecule has 1 N–H and O–H groups in total. The average Bonchev–Trinajstić information content (AvgIpc) is 2.32. The molecule has 0 bridgehead atoms. The lowest BCUT2D eigenvalue weighted by Crippen LogP contribution is -2.06. The van der Waals surface area contributed by atoms with Gasteiger partial charge in [-0.25, -0.2) is 9.18 Å². The number of halogens is 1. The second kappa shape index (κ2) is 5.28. The van der Waals surface area contributed by atoms with Crippen LogP contribution in [0.15, 0.2) is 24.3 Å². The highest BCUT2D eigenvalue weighted by Crippen LogP contribution is 2.30. The molecule has 0 spiro atoms. The zero-order valence-corrected chi connectivity index (χ0v) is 11.4. The normalized spacial score (nSPS) is 10.4. The Balaban J connectivity index is 2.53. The number of carbonyl (C=O) groups is 1. The molecule has 1 aromatic heterocycles. The van der Waals surface area contributed by atoms with Gasteiger partial charge in [0.25, 0.3) is 0 Å². The number of benzene rings is 1. The van der Waals surface area contributed by atoms with Crippen molar-refractivity contribution < 1.29 is 19.0 Å². The summed E-state index contributed by atoms with van der Waals surface area (Å²) in [6.45, 7) is 5.10. The molecule has 20 heavy (non-hydrogen) atoms. The van der Waals surface area contributed by atoms with Gasteiger partial charge in [-0.3, -0.25) is 4.98 Å². The Morgan fingerprint density at radius 2 is 1.90 bits per heavy atom. The van der Waals surface area contributed by atoms with Crippen molar-refractivity contribution in [1.29, 1.82) is 0 Å². The van der Waals surface area contributed by atoms with Gasteiger partial charge in [0.1, 0.15) is 22.9 Å². The third-order valence-corrected chi connectivity index (χ3v) is 2.88. The fraction of sp³-hybridized carbons (Fsp3) is 0.200. The fourth-order valence-corrected chi connectivity index (χ4v) is 1.94. The quantitative estimate of drug-likeness (QED) is 0.929. The second-order valence-corrected chi connectivity index (χ2v) is 4.54. The van der Waals surface area contributed by atoms with Gasteiger partial charge >= 0.3 is 5.97 Å². The molecule has 2 aromatic rings. The molecule has 104 valence electrons. The zero-order chi connectivity index (χ0) is 14.9. The van der Waals surface area contributed by atoms with Crippen LogP contribution in [-0.2, 0) is 0 Å². The molecule has 0 atom stereocenters. The number of nitrogens with zero attached hydrogens (tertiary/aromatic N) is 1. The topological polar surface area (TPSA) is 59.4 Å². The molecule has 0 aliphatic carbocycles. The molecule has 0 radical (unpaired) electrons. The van der Waals surface area contributed by atoms with Crippen molar-refractivity contribution in [3.05, 3.63) is 52.6 Å². The summed E-state index contributed by atoms with van der Waals surface area (Å²) in [6, 6.07) is 5.65. The first-order valence-electron chi connectivity index (χ1n) is 6.04. The van der Waals surface area contributed by atoms with Crippen molar-refractivity contribution in [1.82, 2.24) is 4.98 Å². The van der Waals surface area contributed by atoms with E-state index in [0.29, 0.717) is 11.4 Å². The Labute approximate surface area is 115 Å². The van der Waals surface area contributed by atoms with Crippen LogP contribution in [0.1, 0.15) is 27.3 Å². The van der Waals surface area contributed by atoms with E-state index in [1.165, 1.54) is 18.2 Å². The summed E-state index contributed by atoms with van der Waals surface area (Å²) in [6.07, 6.45) is 0. The zero-order valence-electron chi connectivity index (χ0n) is 11.4. The predicted molar refractivity (Wildman–Crippen MR) is 71.9 cm³/mol. The Bertz CT molecular complexity index is 683. The van der Waals surface area contributed by atoms with Crippen LogP contribution < -0.4 is 4.74 Å². The van der Waals surface area contributed by atoms with Gasteiger partial charge in [-0.2, -0.15) is 0 Å². The summed E-state index contributed by atoms with van der Waals surface area (Å²) in [5.74, 6) is -1.11. The first-order valence-corrected chi connectivity index (χ1v) is 6.04. The minimum Gasteiger partial charge on any atom is -0.477 e. The summed E-state index contributed by atoms with van der Waals surface area (Å²) in [5.41, 5.74) is 1.70. The number of aromatic carboxylic acids is 1. The van der Waals surface area contributed by atoms with E-state index in [1.807, 2.05) is 0 Å². The van der Waals surface area contributed by atoms with Crippen LogP contribution in [-0.4, -0.2) is 16.1 Å². The van der Waals surface area contributed by atoms with Crippen molar-refractivity contribution in [2.24, 2.45) is 0 Å². The number of carboxylic acid groups (broad SMARTS) is 1. The van der Waals surface area contributed by atoms with E-state index < -0.39 is 11.8 Å². The molecule has 0 unspecified atom stereocenters. The summed E-state index contributed by atoms with van der Waals surface area (Å²) < 4.78 is 18.8. The van der Waals surface area contributed by atoms with Crippen LogP contribution in [0.5, 0.6) is 11.5 Å². The van der Waals surface area contributed by atoms with E-state index in [0.717, 1.165) is 5.56 Å². The molecule has 4 nitrogen and oxygen atoms in total. The maximum absolute atomic E-state index is 13.3. The van der Waals surface area contributed by atoms with Crippen LogP contribution in [0, 0.1) is 26.6 Å². The van der Waals surface area contributed by atoms with Gasteiger partial charge in [-0.1, -0.05) is 6.07 Å². The lowest BCUT2D eigenvalue weighted by atomic mass is 10.1.